The van der Waals surface area contributed by atoms with Gasteiger partial charge in [0.25, 0.3) is 0 Å². The van der Waals surface area contributed by atoms with Crippen molar-refractivity contribution in [1.82, 2.24) is 10.2 Å². The average Bonchev–Trinajstić information content (AvgIpc) is 2.98. The second-order valence-electron chi connectivity index (χ2n) is 11.8. The van der Waals surface area contributed by atoms with Gasteiger partial charge in [0.1, 0.15) is 6.04 Å². The molecule has 0 saturated heterocycles. The van der Waals surface area contributed by atoms with Crippen molar-refractivity contribution in [2.75, 3.05) is 17.1 Å². The molecule has 0 heterocycles. The van der Waals surface area contributed by atoms with E-state index < -0.39 is 16.1 Å². The summed E-state index contributed by atoms with van der Waals surface area (Å²) in [5, 5.41) is 3.27. The van der Waals surface area contributed by atoms with Crippen LogP contribution >= 0.6 is 0 Å². The molecule has 2 amide bonds. The van der Waals surface area contributed by atoms with Gasteiger partial charge in [-0.2, -0.15) is 0 Å². The quantitative estimate of drug-likeness (QED) is 0.262. The summed E-state index contributed by atoms with van der Waals surface area (Å²) in [6, 6.07) is 24.6. The van der Waals surface area contributed by atoms with Gasteiger partial charge in [0.2, 0.25) is 21.8 Å². The molecule has 0 bridgehead atoms. The third-order valence-corrected chi connectivity index (χ3v) is 9.33. The molecule has 7 nitrogen and oxygen atoms in total. The molecule has 43 heavy (non-hydrogen) atoms. The van der Waals surface area contributed by atoms with Crippen molar-refractivity contribution in [3.63, 3.8) is 0 Å². The van der Waals surface area contributed by atoms with E-state index in [0.29, 0.717) is 25.1 Å². The first-order valence-electron chi connectivity index (χ1n) is 15.3. The minimum Gasteiger partial charge on any atom is -0.352 e. The molecule has 3 aromatic rings. The summed E-state index contributed by atoms with van der Waals surface area (Å²) >= 11 is 0. The Morgan fingerprint density at radius 3 is 2.19 bits per heavy atom. The molecule has 3 aromatic carbocycles. The van der Waals surface area contributed by atoms with E-state index in [1.165, 1.54) is 17.0 Å². The van der Waals surface area contributed by atoms with Crippen LogP contribution in [-0.4, -0.2) is 50.0 Å². The van der Waals surface area contributed by atoms with Crippen molar-refractivity contribution in [2.45, 2.75) is 83.8 Å². The lowest BCUT2D eigenvalue weighted by atomic mass is 9.94. The second-order valence-corrected chi connectivity index (χ2v) is 13.7. The van der Waals surface area contributed by atoms with Gasteiger partial charge in [0.15, 0.2) is 0 Å². The Bertz CT molecular complexity index is 1450. The summed E-state index contributed by atoms with van der Waals surface area (Å²) in [5.41, 5.74) is 4.63. The summed E-state index contributed by atoms with van der Waals surface area (Å²) in [6.07, 6.45) is 7.31. The highest BCUT2D eigenvalue weighted by molar-refractivity contribution is 7.92. The topological polar surface area (TPSA) is 86.8 Å². The van der Waals surface area contributed by atoms with E-state index in [1.807, 2.05) is 80.6 Å². The SMILES string of the molecule is Cc1ccc(N(CCCC(=O)N(Cc2cccc(C)c2)C(Cc2ccccc2)C(=O)NC2CCCCC2)S(C)(=O)=O)cc1. The molecular formula is C35H45N3O4S. The summed E-state index contributed by atoms with van der Waals surface area (Å²) in [7, 11) is -3.54. The van der Waals surface area contributed by atoms with Crippen LogP contribution in [0.5, 0.6) is 0 Å². The second kappa shape index (κ2) is 15.2. The van der Waals surface area contributed by atoms with Crippen molar-refractivity contribution < 1.29 is 18.0 Å². The van der Waals surface area contributed by atoms with E-state index >= 15 is 0 Å². The molecule has 1 aliphatic carbocycles. The Morgan fingerprint density at radius 2 is 1.53 bits per heavy atom. The summed E-state index contributed by atoms with van der Waals surface area (Å²) < 4.78 is 26.7. The van der Waals surface area contributed by atoms with Crippen LogP contribution in [0.2, 0.25) is 0 Å². The van der Waals surface area contributed by atoms with E-state index in [4.69, 9.17) is 0 Å². The lowest BCUT2D eigenvalue weighted by molar-refractivity contribution is -0.141. The van der Waals surface area contributed by atoms with Crippen molar-refractivity contribution in [3.05, 3.63) is 101 Å². The first-order valence-corrected chi connectivity index (χ1v) is 17.2. The van der Waals surface area contributed by atoms with E-state index in [-0.39, 0.29) is 30.8 Å². The molecule has 1 saturated carbocycles. The Morgan fingerprint density at radius 1 is 0.860 bits per heavy atom. The Balaban J connectivity index is 1.58. The molecule has 1 aliphatic rings. The number of hydrogen-bond acceptors (Lipinski definition) is 4. The monoisotopic (exact) mass is 603 g/mol. The molecule has 1 atom stereocenters. The fourth-order valence-electron chi connectivity index (χ4n) is 5.82. The minimum atomic E-state index is -3.54. The van der Waals surface area contributed by atoms with Crippen LogP contribution in [0, 0.1) is 13.8 Å². The van der Waals surface area contributed by atoms with E-state index in [1.54, 1.807) is 17.0 Å². The lowest BCUT2D eigenvalue weighted by Gasteiger charge is -2.34. The lowest BCUT2D eigenvalue weighted by Crippen LogP contribution is -2.53. The third kappa shape index (κ3) is 9.68. The molecule has 0 aliphatic heterocycles. The highest BCUT2D eigenvalue weighted by Gasteiger charge is 2.32. The number of hydrogen-bond donors (Lipinski definition) is 1. The van der Waals surface area contributed by atoms with Gasteiger partial charge in [0, 0.05) is 32.0 Å². The molecule has 0 spiro atoms. The number of nitrogens with one attached hydrogen (secondary N) is 1. The summed E-state index contributed by atoms with van der Waals surface area (Å²) in [5.74, 6) is -0.298. The molecule has 1 unspecified atom stereocenters. The number of sulfonamides is 1. The molecule has 1 fully saturated rings. The van der Waals surface area contributed by atoms with Gasteiger partial charge in [-0.1, -0.05) is 97.1 Å². The van der Waals surface area contributed by atoms with Crippen LogP contribution < -0.4 is 9.62 Å². The molecule has 230 valence electrons. The number of aryl methyl sites for hydroxylation is 2. The molecule has 4 rings (SSSR count). The molecular weight excluding hydrogens is 558 g/mol. The Labute approximate surface area is 257 Å². The fourth-order valence-corrected chi connectivity index (χ4v) is 6.79. The summed E-state index contributed by atoms with van der Waals surface area (Å²) in [4.78, 5) is 29.7. The highest BCUT2D eigenvalue weighted by Crippen LogP contribution is 2.22. The van der Waals surface area contributed by atoms with Gasteiger partial charge >= 0.3 is 0 Å². The average molecular weight is 604 g/mol. The van der Waals surface area contributed by atoms with Crippen LogP contribution in [0.15, 0.2) is 78.9 Å². The third-order valence-electron chi connectivity index (χ3n) is 8.13. The predicted molar refractivity (Wildman–Crippen MR) is 173 cm³/mol. The summed E-state index contributed by atoms with van der Waals surface area (Å²) in [6.45, 7) is 4.43. The van der Waals surface area contributed by atoms with Gasteiger partial charge < -0.3 is 10.2 Å². The van der Waals surface area contributed by atoms with E-state index in [2.05, 4.69) is 5.32 Å². The van der Waals surface area contributed by atoms with Crippen molar-refractivity contribution >= 4 is 27.5 Å². The zero-order valence-electron chi connectivity index (χ0n) is 25.7. The number of anilines is 1. The predicted octanol–water partition coefficient (Wildman–Crippen LogP) is 5.94. The first-order chi connectivity index (χ1) is 20.6. The van der Waals surface area contributed by atoms with Crippen molar-refractivity contribution in [3.8, 4) is 0 Å². The highest BCUT2D eigenvalue weighted by atomic mass is 32.2. The maximum Gasteiger partial charge on any atom is 0.243 e. The molecule has 0 aromatic heterocycles. The number of carbonyl (C=O) groups excluding carboxylic acids is 2. The van der Waals surface area contributed by atoms with Crippen molar-refractivity contribution in [1.29, 1.82) is 0 Å². The zero-order chi connectivity index (χ0) is 30.8. The van der Waals surface area contributed by atoms with E-state index in [9.17, 15) is 18.0 Å². The minimum absolute atomic E-state index is 0.117. The number of rotatable bonds is 13. The Hall–Kier alpha value is -3.65. The Kier molecular flexibility index (Phi) is 11.4. The van der Waals surface area contributed by atoms with Gasteiger partial charge in [-0.15, -0.1) is 0 Å². The van der Waals surface area contributed by atoms with Crippen LogP contribution in [-0.2, 0) is 32.6 Å². The van der Waals surface area contributed by atoms with Gasteiger partial charge in [-0.25, -0.2) is 8.42 Å². The van der Waals surface area contributed by atoms with Crippen LogP contribution in [0.3, 0.4) is 0 Å². The number of carbonyl (C=O) groups is 2. The van der Waals surface area contributed by atoms with Crippen LogP contribution in [0.1, 0.15) is 67.2 Å². The zero-order valence-corrected chi connectivity index (χ0v) is 26.5. The molecule has 0 radical (unpaired) electrons. The standard InChI is InChI=1S/C35H45N3O4S/c1-27-19-21-32(22-20-27)38(43(3,41)42)23-11-18-34(39)37(26-30-15-10-12-28(2)24-30)33(25-29-13-6-4-7-14-29)35(40)36-31-16-8-5-9-17-31/h4,6-7,10,12-15,19-22,24,31,33H,5,8-9,11,16-18,23,25-26H2,1-3H3,(H,36,40). The van der Waals surface area contributed by atoms with E-state index in [0.717, 1.165) is 47.9 Å². The van der Waals surface area contributed by atoms with Gasteiger partial charge in [0.05, 0.1) is 11.9 Å². The number of amides is 2. The largest absolute Gasteiger partial charge is 0.352 e. The number of nitrogens with zero attached hydrogens (tertiary/aromatic N) is 2. The maximum atomic E-state index is 14.1. The van der Waals surface area contributed by atoms with Gasteiger partial charge in [-0.3, -0.25) is 13.9 Å². The normalized spacial score (nSPS) is 14.6. The number of benzene rings is 3. The fraction of sp³-hybridized carbons (Fsp3) is 0.429. The smallest absolute Gasteiger partial charge is 0.243 e. The molecule has 8 heteroatoms. The van der Waals surface area contributed by atoms with Gasteiger partial charge in [-0.05, 0) is 56.4 Å². The first kappa shape index (κ1) is 32.3. The van der Waals surface area contributed by atoms with Crippen molar-refractivity contribution in [2.24, 2.45) is 0 Å². The van der Waals surface area contributed by atoms with Crippen LogP contribution in [0.4, 0.5) is 5.69 Å². The van der Waals surface area contributed by atoms with Crippen LogP contribution in [0.25, 0.3) is 0 Å². The molecule has 1 N–H and O–H groups in total. The maximum absolute atomic E-state index is 14.1.